The third-order valence-corrected chi connectivity index (χ3v) is 6.12. The van der Waals surface area contributed by atoms with Crippen molar-refractivity contribution in [2.75, 3.05) is 13.2 Å². The summed E-state index contributed by atoms with van der Waals surface area (Å²) in [4.78, 5) is 4.34. The van der Waals surface area contributed by atoms with Gasteiger partial charge in [-0.15, -0.1) is 0 Å². The Morgan fingerprint density at radius 3 is 2.93 bits per heavy atom. The number of fused-ring (bicyclic) bond motifs is 1. The summed E-state index contributed by atoms with van der Waals surface area (Å²) in [6, 6.07) is 5.44. The van der Waals surface area contributed by atoms with E-state index in [1.54, 1.807) is 18.3 Å². The standard InChI is InChI=1S/C23H28FN3O3/c1-2-3-20(28)21-12-19-23(30-21)17(4-7-26-19)14-10-15(13-25)22(18(24)11-14)27-16-5-8-29-9-6-16/h4,7,11-12,14-16,20,22,27-28H,2-3,5-6,8-10H2,1H3. The summed E-state index contributed by atoms with van der Waals surface area (Å²) in [6.07, 6.45) is 6.17. The molecule has 0 aromatic carbocycles. The minimum absolute atomic E-state index is 0.163. The minimum atomic E-state index is -0.685. The second-order valence-electron chi connectivity index (χ2n) is 8.23. The number of nitrogens with zero attached hydrogens (tertiary/aromatic N) is 2. The predicted molar refractivity (Wildman–Crippen MR) is 110 cm³/mol. The second kappa shape index (κ2) is 9.25. The van der Waals surface area contributed by atoms with Crippen LogP contribution in [0, 0.1) is 17.2 Å². The molecule has 2 aromatic rings. The van der Waals surface area contributed by atoms with E-state index in [0.29, 0.717) is 42.9 Å². The predicted octanol–water partition coefficient (Wildman–Crippen LogP) is 4.28. The number of ether oxygens (including phenoxy) is 1. The largest absolute Gasteiger partial charge is 0.456 e. The van der Waals surface area contributed by atoms with Crippen LogP contribution in [0.2, 0.25) is 0 Å². The molecule has 3 heterocycles. The van der Waals surface area contributed by atoms with E-state index in [-0.39, 0.29) is 17.8 Å². The summed E-state index contributed by atoms with van der Waals surface area (Å²) in [6.45, 7) is 3.32. The third kappa shape index (κ3) is 4.27. The van der Waals surface area contributed by atoms with Gasteiger partial charge in [-0.3, -0.25) is 4.98 Å². The van der Waals surface area contributed by atoms with Crippen molar-refractivity contribution in [3.8, 4) is 6.07 Å². The van der Waals surface area contributed by atoms with Crippen molar-refractivity contribution >= 4 is 11.1 Å². The van der Waals surface area contributed by atoms with E-state index in [4.69, 9.17) is 9.15 Å². The fourth-order valence-electron chi connectivity index (χ4n) is 4.47. The van der Waals surface area contributed by atoms with Crippen LogP contribution in [0.15, 0.2) is 34.6 Å². The first-order chi connectivity index (χ1) is 14.6. The van der Waals surface area contributed by atoms with E-state index in [1.807, 2.05) is 13.0 Å². The average molecular weight is 413 g/mol. The van der Waals surface area contributed by atoms with Gasteiger partial charge in [0, 0.05) is 43.0 Å². The molecule has 0 saturated carbocycles. The van der Waals surface area contributed by atoms with Crippen LogP contribution in [-0.2, 0) is 4.74 Å². The van der Waals surface area contributed by atoms with Crippen LogP contribution >= 0.6 is 0 Å². The number of hydrogen-bond acceptors (Lipinski definition) is 6. The van der Waals surface area contributed by atoms with Crippen LogP contribution in [0.3, 0.4) is 0 Å². The summed E-state index contributed by atoms with van der Waals surface area (Å²) in [7, 11) is 0. The maximum Gasteiger partial charge on any atom is 0.156 e. The number of nitriles is 1. The zero-order valence-corrected chi connectivity index (χ0v) is 17.2. The zero-order valence-electron chi connectivity index (χ0n) is 17.2. The highest BCUT2D eigenvalue weighted by Gasteiger charge is 2.36. The molecule has 1 aliphatic heterocycles. The van der Waals surface area contributed by atoms with Gasteiger partial charge in [0.1, 0.15) is 23.2 Å². The van der Waals surface area contributed by atoms with Crippen molar-refractivity contribution in [3.05, 3.63) is 41.6 Å². The number of hydrogen-bond donors (Lipinski definition) is 2. The molecule has 0 amide bonds. The summed E-state index contributed by atoms with van der Waals surface area (Å²) in [5.41, 5.74) is 2.00. The number of furan rings is 1. The van der Waals surface area contributed by atoms with Crippen molar-refractivity contribution < 1.29 is 18.7 Å². The van der Waals surface area contributed by atoms with Crippen LogP contribution < -0.4 is 5.32 Å². The van der Waals surface area contributed by atoms with Gasteiger partial charge >= 0.3 is 0 Å². The van der Waals surface area contributed by atoms with Crippen molar-refractivity contribution in [1.82, 2.24) is 10.3 Å². The van der Waals surface area contributed by atoms with Crippen LogP contribution in [0.5, 0.6) is 0 Å². The Bertz CT molecular complexity index is 945. The van der Waals surface area contributed by atoms with Gasteiger partial charge in [0.2, 0.25) is 0 Å². The smallest absolute Gasteiger partial charge is 0.156 e. The highest BCUT2D eigenvalue weighted by Crippen LogP contribution is 2.39. The average Bonchev–Trinajstić information content (AvgIpc) is 3.20. The first-order valence-corrected chi connectivity index (χ1v) is 10.8. The normalized spacial score (nSPS) is 26.3. The summed E-state index contributed by atoms with van der Waals surface area (Å²) < 4.78 is 26.5. The molecular weight excluding hydrogens is 385 g/mol. The van der Waals surface area contributed by atoms with E-state index in [2.05, 4.69) is 16.4 Å². The molecule has 6 nitrogen and oxygen atoms in total. The monoisotopic (exact) mass is 413 g/mol. The molecule has 4 rings (SSSR count). The lowest BCUT2D eigenvalue weighted by atomic mass is 9.79. The van der Waals surface area contributed by atoms with Crippen LogP contribution in [0.4, 0.5) is 4.39 Å². The maximum absolute atomic E-state index is 15.1. The van der Waals surface area contributed by atoms with Gasteiger partial charge in [-0.05, 0) is 37.8 Å². The molecule has 2 aromatic heterocycles. The molecule has 1 aliphatic carbocycles. The van der Waals surface area contributed by atoms with Crippen molar-refractivity contribution in [2.24, 2.45) is 5.92 Å². The van der Waals surface area contributed by atoms with Crippen molar-refractivity contribution in [3.63, 3.8) is 0 Å². The van der Waals surface area contributed by atoms with E-state index in [1.165, 1.54) is 0 Å². The Balaban J connectivity index is 1.61. The van der Waals surface area contributed by atoms with E-state index >= 15 is 4.39 Å². The first kappa shape index (κ1) is 21.0. The lowest BCUT2D eigenvalue weighted by Crippen LogP contribution is -2.47. The Labute approximate surface area is 175 Å². The molecule has 2 aliphatic rings. The molecular formula is C23H28FN3O3. The van der Waals surface area contributed by atoms with Crippen LogP contribution in [0.25, 0.3) is 11.1 Å². The maximum atomic E-state index is 15.1. The second-order valence-corrected chi connectivity index (χ2v) is 8.23. The number of aromatic nitrogens is 1. The molecule has 2 N–H and O–H groups in total. The van der Waals surface area contributed by atoms with Crippen molar-refractivity contribution in [1.29, 1.82) is 5.26 Å². The molecule has 0 bridgehead atoms. The fraction of sp³-hybridized carbons (Fsp3) is 0.565. The van der Waals surface area contributed by atoms with E-state index in [9.17, 15) is 10.4 Å². The Morgan fingerprint density at radius 1 is 1.40 bits per heavy atom. The summed E-state index contributed by atoms with van der Waals surface area (Å²) in [5.74, 6) is -0.587. The SMILES string of the molecule is CCCC(O)c1cc2nccc(C3C=C(F)C(NC4CCOCC4)C(C#N)C3)c2o1. The molecule has 4 atom stereocenters. The lowest BCUT2D eigenvalue weighted by Gasteiger charge is -2.34. The van der Waals surface area contributed by atoms with Gasteiger partial charge < -0.3 is 19.6 Å². The number of nitrogens with one attached hydrogen (secondary N) is 1. The van der Waals surface area contributed by atoms with Gasteiger partial charge in [-0.25, -0.2) is 4.39 Å². The number of aliphatic hydroxyl groups excluding tert-OH is 1. The highest BCUT2D eigenvalue weighted by atomic mass is 19.1. The number of allylic oxidation sites excluding steroid dienone is 1. The molecule has 0 radical (unpaired) electrons. The van der Waals surface area contributed by atoms with Crippen LogP contribution in [-0.4, -0.2) is 35.4 Å². The highest BCUT2D eigenvalue weighted by molar-refractivity contribution is 5.77. The first-order valence-electron chi connectivity index (χ1n) is 10.8. The molecule has 7 heteroatoms. The summed E-state index contributed by atoms with van der Waals surface area (Å²) >= 11 is 0. The van der Waals surface area contributed by atoms with E-state index in [0.717, 1.165) is 24.8 Å². The van der Waals surface area contributed by atoms with Crippen LogP contribution in [0.1, 0.15) is 62.4 Å². The molecule has 0 spiro atoms. The lowest BCUT2D eigenvalue weighted by molar-refractivity contribution is 0.0731. The van der Waals surface area contributed by atoms with Gasteiger partial charge in [0.05, 0.1) is 18.0 Å². The Hall–Kier alpha value is -2.27. The topological polar surface area (TPSA) is 91.3 Å². The van der Waals surface area contributed by atoms with E-state index < -0.39 is 18.1 Å². The fourth-order valence-corrected chi connectivity index (χ4v) is 4.47. The van der Waals surface area contributed by atoms with Gasteiger partial charge in [0.15, 0.2) is 5.58 Å². The minimum Gasteiger partial charge on any atom is -0.456 e. The van der Waals surface area contributed by atoms with Crippen molar-refractivity contribution in [2.45, 2.75) is 63.1 Å². The zero-order chi connectivity index (χ0) is 21.1. The number of pyridine rings is 1. The summed E-state index contributed by atoms with van der Waals surface area (Å²) in [5, 5.41) is 23.4. The molecule has 1 saturated heterocycles. The van der Waals surface area contributed by atoms with Gasteiger partial charge in [-0.1, -0.05) is 13.3 Å². The Kier molecular flexibility index (Phi) is 6.47. The van der Waals surface area contributed by atoms with Gasteiger partial charge in [-0.2, -0.15) is 5.26 Å². The molecule has 30 heavy (non-hydrogen) atoms. The number of aliphatic hydroxyl groups is 1. The molecule has 160 valence electrons. The molecule has 4 unspecified atom stereocenters. The Morgan fingerprint density at radius 2 is 2.20 bits per heavy atom. The quantitative estimate of drug-likeness (QED) is 0.735. The number of rotatable bonds is 6. The molecule has 1 fully saturated rings. The van der Waals surface area contributed by atoms with Gasteiger partial charge in [0.25, 0.3) is 0 Å². The number of halogens is 1. The third-order valence-electron chi connectivity index (χ3n) is 6.12.